The Kier molecular flexibility index (Phi) is 7.24. The van der Waals surface area contributed by atoms with Crippen molar-refractivity contribution < 1.29 is 31.9 Å². The summed E-state index contributed by atoms with van der Waals surface area (Å²) in [5.74, 6) is -1.94. The van der Waals surface area contributed by atoms with E-state index < -0.39 is 40.2 Å². The van der Waals surface area contributed by atoms with Crippen LogP contribution in [0.5, 0.6) is 5.75 Å². The zero-order valence-electron chi connectivity index (χ0n) is 16.9. The van der Waals surface area contributed by atoms with E-state index in [-0.39, 0.29) is 18.0 Å². The molecule has 31 heavy (non-hydrogen) atoms. The lowest BCUT2D eigenvalue weighted by Crippen LogP contribution is -2.43. The highest BCUT2D eigenvalue weighted by molar-refractivity contribution is 7.89. The molecule has 1 unspecified atom stereocenters. The Hall–Kier alpha value is -2.98. The molecule has 2 aromatic carbocycles. The number of amides is 1. The molecule has 0 spiro atoms. The topological polar surface area (TPSA) is 102 Å². The first kappa shape index (κ1) is 22.7. The van der Waals surface area contributed by atoms with Gasteiger partial charge < -0.3 is 14.8 Å². The van der Waals surface area contributed by atoms with Crippen molar-refractivity contribution in [3.8, 4) is 5.75 Å². The van der Waals surface area contributed by atoms with Gasteiger partial charge in [0, 0.05) is 13.1 Å². The third kappa shape index (κ3) is 5.59. The van der Waals surface area contributed by atoms with Gasteiger partial charge in [0.2, 0.25) is 10.0 Å². The van der Waals surface area contributed by atoms with Crippen LogP contribution in [0.25, 0.3) is 0 Å². The molecule has 166 valence electrons. The average Bonchev–Trinajstić information content (AvgIpc) is 2.78. The van der Waals surface area contributed by atoms with Crippen molar-refractivity contribution in [1.82, 2.24) is 4.31 Å². The summed E-state index contributed by atoms with van der Waals surface area (Å²) in [7, 11) is -2.39. The second-order valence-electron chi connectivity index (χ2n) is 7.01. The number of benzene rings is 2. The van der Waals surface area contributed by atoms with Gasteiger partial charge in [-0.05, 0) is 49.2 Å². The maximum Gasteiger partial charge on any atom is 0.310 e. The van der Waals surface area contributed by atoms with Gasteiger partial charge in [0.1, 0.15) is 11.6 Å². The van der Waals surface area contributed by atoms with Crippen LogP contribution in [0, 0.1) is 11.7 Å². The Bertz CT molecular complexity index is 1040. The molecule has 1 atom stereocenters. The Morgan fingerprint density at radius 2 is 1.87 bits per heavy atom. The number of ether oxygens (including phenoxy) is 2. The van der Waals surface area contributed by atoms with Crippen molar-refractivity contribution in [2.75, 3.05) is 32.1 Å². The van der Waals surface area contributed by atoms with Crippen molar-refractivity contribution >= 4 is 27.6 Å². The summed E-state index contributed by atoms with van der Waals surface area (Å²) in [6.45, 7) is -0.317. The van der Waals surface area contributed by atoms with Gasteiger partial charge in [0.25, 0.3) is 5.91 Å². The third-order valence-corrected chi connectivity index (χ3v) is 6.77. The van der Waals surface area contributed by atoms with Crippen molar-refractivity contribution in [3.05, 3.63) is 54.3 Å². The average molecular weight is 450 g/mol. The summed E-state index contributed by atoms with van der Waals surface area (Å²) in [6.07, 6.45) is 0.913. The zero-order chi connectivity index (χ0) is 22.4. The molecule has 10 heteroatoms. The molecule has 0 radical (unpaired) electrons. The Morgan fingerprint density at radius 3 is 2.58 bits per heavy atom. The monoisotopic (exact) mass is 450 g/mol. The molecule has 1 heterocycles. The number of sulfonamides is 1. The minimum atomic E-state index is -3.86. The molecule has 8 nitrogen and oxygen atoms in total. The van der Waals surface area contributed by atoms with Crippen LogP contribution in [0.1, 0.15) is 12.8 Å². The van der Waals surface area contributed by atoms with E-state index in [9.17, 15) is 22.4 Å². The van der Waals surface area contributed by atoms with Gasteiger partial charge >= 0.3 is 5.97 Å². The Balaban J connectivity index is 1.57. The van der Waals surface area contributed by atoms with Gasteiger partial charge in [0.15, 0.2) is 6.61 Å². The number of esters is 1. The molecule has 0 bridgehead atoms. The van der Waals surface area contributed by atoms with Crippen molar-refractivity contribution in [2.24, 2.45) is 5.92 Å². The van der Waals surface area contributed by atoms with Crippen LogP contribution < -0.4 is 10.1 Å². The molecule has 1 fully saturated rings. The first-order chi connectivity index (χ1) is 14.8. The number of piperidine rings is 1. The zero-order valence-corrected chi connectivity index (χ0v) is 17.7. The van der Waals surface area contributed by atoms with E-state index in [1.807, 2.05) is 0 Å². The lowest BCUT2D eigenvalue weighted by Gasteiger charge is -2.30. The fourth-order valence-corrected chi connectivity index (χ4v) is 4.82. The van der Waals surface area contributed by atoms with E-state index in [1.165, 1.54) is 23.5 Å². The number of nitrogens with one attached hydrogen (secondary N) is 1. The third-order valence-electron chi connectivity index (χ3n) is 4.90. The van der Waals surface area contributed by atoms with Gasteiger partial charge in [-0.15, -0.1) is 0 Å². The highest BCUT2D eigenvalue weighted by Gasteiger charge is 2.34. The summed E-state index contributed by atoms with van der Waals surface area (Å²) < 4.78 is 50.1. The number of halogens is 1. The van der Waals surface area contributed by atoms with E-state index in [1.54, 1.807) is 24.3 Å². The quantitative estimate of drug-likeness (QED) is 0.650. The van der Waals surface area contributed by atoms with Gasteiger partial charge in [-0.3, -0.25) is 9.59 Å². The summed E-state index contributed by atoms with van der Waals surface area (Å²) >= 11 is 0. The van der Waals surface area contributed by atoms with Crippen LogP contribution in [0.3, 0.4) is 0 Å². The number of hydrogen-bond acceptors (Lipinski definition) is 6. The van der Waals surface area contributed by atoms with Gasteiger partial charge in [-0.1, -0.05) is 12.1 Å². The van der Waals surface area contributed by atoms with Crippen LogP contribution in [-0.4, -0.2) is 51.4 Å². The van der Waals surface area contributed by atoms with E-state index in [0.29, 0.717) is 24.3 Å². The highest BCUT2D eigenvalue weighted by Crippen LogP contribution is 2.25. The molecular weight excluding hydrogens is 427 g/mol. The number of carbonyl (C=O) groups is 2. The maximum absolute atomic E-state index is 13.1. The normalized spacial score (nSPS) is 17.0. The van der Waals surface area contributed by atoms with E-state index >= 15 is 0 Å². The molecule has 2 aromatic rings. The van der Waals surface area contributed by atoms with Crippen LogP contribution in [0.2, 0.25) is 0 Å². The summed E-state index contributed by atoms with van der Waals surface area (Å²) in [5.41, 5.74) is 0.445. The Labute approximate surface area is 180 Å². The van der Waals surface area contributed by atoms with Crippen molar-refractivity contribution in [3.63, 3.8) is 0 Å². The van der Waals surface area contributed by atoms with Gasteiger partial charge in [0.05, 0.1) is 23.6 Å². The number of anilines is 1. The first-order valence-electron chi connectivity index (χ1n) is 9.66. The number of methoxy groups -OCH3 is 1. The molecule has 1 aliphatic rings. The number of carbonyl (C=O) groups excluding carboxylic acids is 2. The van der Waals surface area contributed by atoms with Crippen LogP contribution in [-0.2, 0) is 24.3 Å². The first-order valence-corrected chi connectivity index (χ1v) is 11.1. The SMILES string of the molecule is COc1ccccc1NC(=O)COC(=O)C1CCCN(S(=O)(=O)c2ccc(F)cc2)C1. The smallest absolute Gasteiger partial charge is 0.310 e. The van der Waals surface area contributed by atoms with E-state index in [2.05, 4.69) is 5.32 Å². The highest BCUT2D eigenvalue weighted by atomic mass is 32.2. The molecule has 1 aliphatic heterocycles. The number of para-hydroxylation sites is 2. The minimum Gasteiger partial charge on any atom is -0.495 e. The summed E-state index contributed by atoms with van der Waals surface area (Å²) in [4.78, 5) is 24.5. The van der Waals surface area contributed by atoms with Crippen LogP contribution in [0.4, 0.5) is 10.1 Å². The minimum absolute atomic E-state index is 0.0425. The molecule has 0 saturated carbocycles. The fourth-order valence-electron chi connectivity index (χ4n) is 3.30. The van der Waals surface area contributed by atoms with Crippen molar-refractivity contribution in [1.29, 1.82) is 0 Å². The lowest BCUT2D eigenvalue weighted by molar-refractivity contribution is -0.152. The predicted molar refractivity (Wildman–Crippen MR) is 110 cm³/mol. The molecule has 1 amide bonds. The molecule has 0 aliphatic carbocycles. The lowest BCUT2D eigenvalue weighted by atomic mass is 10.00. The number of nitrogens with zero attached hydrogens (tertiary/aromatic N) is 1. The molecular formula is C21H23FN2O6S. The van der Waals surface area contributed by atoms with Gasteiger partial charge in [-0.2, -0.15) is 4.31 Å². The second kappa shape index (κ2) is 9.88. The van der Waals surface area contributed by atoms with Gasteiger partial charge in [-0.25, -0.2) is 12.8 Å². The summed E-state index contributed by atoms with van der Waals surface area (Å²) in [5, 5.41) is 2.60. The second-order valence-corrected chi connectivity index (χ2v) is 8.95. The molecule has 1 N–H and O–H groups in total. The fraction of sp³-hybridized carbons (Fsp3) is 0.333. The molecule has 1 saturated heterocycles. The van der Waals surface area contributed by atoms with Crippen LogP contribution >= 0.6 is 0 Å². The summed E-state index contributed by atoms with van der Waals surface area (Å²) in [6, 6.07) is 11.3. The van der Waals surface area contributed by atoms with Crippen molar-refractivity contribution in [2.45, 2.75) is 17.7 Å². The molecule has 0 aromatic heterocycles. The standard InChI is InChI=1S/C21H23FN2O6S/c1-29-19-7-3-2-6-18(19)23-20(25)14-30-21(26)15-5-4-12-24(13-15)31(27,28)17-10-8-16(22)9-11-17/h2-3,6-11,15H,4-5,12-14H2,1H3,(H,23,25). The number of rotatable bonds is 7. The van der Waals surface area contributed by atoms with E-state index in [4.69, 9.17) is 9.47 Å². The Morgan fingerprint density at radius 1 is 1.16 bits per heavy atom. The van der Waals surface area contributed by atoms with Crippen LogP contribution in [0.15, 0.2) is 53.4 Å². The van der Waals surface area contributed by atoms with E-state index in [0.717, 1.165) is 12.1 Å². The molecule has 3 rings (SSSR count). The largest absolute Gasteiger partial charge is 0.495 e. The number of hydrogen-bond donors (Lipinski definition) is 1. The predicted octanol–water partition coefficient (Wildman–Crippen LogP) is 2.42. The maximum atomic E-state index is 13.1.